The van der Waals surface area contributed by atoms with Crippen molar-refractivity contribution >= 4 is 29.6 Å². The Kier molecular flexibility index (Phi) is 3.90. The zero-order valence-corrected chi connectivity index (χ0v) is 12.7. The molecule has 0 aromatic carbocycles. The van der Waals surface area contributed by atoms with Crippen molar-refractivity contribution in [2.24, 2.45) is 0 Å². The minimum Gasteiger partial charge on any atom is -0.300 e. The first-order chi connectivity index (χ1) is 8.77. The number of rotatable bonds is 3. The SMILES string of the molecule is CCn1c(C2CCCCS2(=O)=O)nnc1S(=O)(=O)Cl. The third-order valence-electron chi connectivity index (χ3n) is 3.15. The van der Waals surface area contributed by atoms with Gasteiger partial charge >= 0.3 is 0 Å². The van der Waals surface area contributed by atoms with Crippen LogP contribution >= 0.6 is 10.7 Å². The Morgan fingerprint density at radius 3 is 2.58 bits per heavy atom. The largest absolute Gasteiger partial charge is 0.300 e. The van der Waals surface area contributed by atoms with Crippen LogP contribution in [0.4, 0.5) is 0 Å². The van der Waals surface area contributed by atoms with Crippen LogP contribution in [0.2, 0.25) is 0 Å². The van der Waals surface area contributed by atoms with Crippen molar-refractivity contribution in [2.45, 2.75) is 43.1 Å². The van der Waals surface area contributed by atoms with Gasteiger partial charge < -0.3 is 4.57 Å². The highest BCUT2D eigenvalue weighted by Crippen LogP contribution is 2.33. The molecular weight excluding hydrogens is 314 g/mol. The molecule has 1 saturated heterocycles. The van der Waals surface area contributed by atoms with E-state index in [1.165, 1.54) is 4.57 Å². The first-order valence-electron chi connectivity index (χ1n) is 5.86. The minimum atomic E-state index is -4.03. The molecule has 2 rings (SSSR count). The highest BCUT2D eigenvalue weighted by Gasteiger charge is 2.36. The van der Waals surface area contributed by atoms with E-state index in [4.69, 9.17) is 10.7 Å². The van der Waals surface area contributed by atoms with Crippen molar-refractivity contribution in [2.75, 3.05) is 5.75 Å². The summed E-state index contributed by atoms with van der Waals surface area (Å²) >= 11 is 0. The number of hydrogen-bond acceptors (Lipinski definition) is 6. The Hall–Kier alpha value is -0.670. The van der Waals surface area contributed by atoms with Crippen LogP contribution < -0.4 is 0 Å². The van der Waals surface area contributed by atoms with Crippen LogP contribution in [0.3, 0.4) is 0 Å². The van der Waals surface area contributed by atoms with E-state index in [-0.39, 0.29) is 18.1 Å². The molecule has 0 radical (unpaired) electrons. The molecule has 0 N–H and O–H groups in total. The van der Waals surface area contributed by atoms with E-state index in [2.05, 4.69) is 10.2 Å². The maximum absolute atomic E-state index is 12.0. The van der Waals surface area contributed by atoms with Crippen molar-refractivity contribution < 1.29 is 16.8 Å². The van der Waals surface area contributed by atoms with Crippen molar-refractivity contribution in [1.82, 2.24) is 14.8 Å². The third-order valence-corrected chi connectivity index (χ3v) is 6.47. The van der Waals surface area contributed by atoms with Crippen molar-refractivity contribution in [3.8, 4) is 0 Å². The summed E-state index contributed by atoms with van der Waals surface area (Å²) in [5, 5.41) is 6.08. The van der Waals surface area contributed by atoms with Gasteiger partial charge in [0.05, 0.1) is 5.75 Å². The first-order valence-corrected chi connectivity index (χ1v) is 9.89. The molecule has 1 aliphatic heterocycles. The van der Waals surface area contributed by atoms with E-state index in [1.807, 2.05) is 0 Å². The van der Waals surface area contributed by atoms with Crippen molar-refractivity contribution in [3.63, 3.8) is 0 Å². The number of sulfone groups is 1. The monoisotopic (exact) mass is 327 g/mol. The molecule has 2 heterocycles. The molecule has 1 aromatic heterocycles. The smallest absolute Gasteiger partial charge is 0.296 e. The van der Waals surface area contributed by atoms with Crippen LogP contribution in [0.25, 0.3) is 0 Å². The Balaban J connectivity index is 2.55. The van der Waals surface area contributed by atoms with Crippen LogP contribution in [-0.4, -0.2) is 37.4 Å². The summed E-state index contributed by atoms with van der Waals surface area (Å²) in [4.78, 5) is 0. The van der Waals surface area contributed by atoms with Crippen LogP contribution in [0.1, 0.15) is 37.3 Å². The van der Waals surface area contributed by atoms with Gasteiger partial charge in [-0.1, -0.05) is 6.42 Å². The normalized spacial score (nSPS) is 23.4. The Morgan fingerprint density at radius 2 is 2.05 bits per heavy atom. The summed E-state index contributed by atoms with van der Waals surface area (Å²) in [6.07, 6.45) is 1.83. The topological polar surface area (TPSA) is 99.0 Å². The summed E-state index contributed by atoms with van der Waals surface area (Å²) < 4.78 is 48.1. The van der Waals surface area contributed by atoms with E-state index < -0.39 is 29.3 Å². The molecule has 1 aliphatic rings. The van der Waals surface area contributed by atoms with Gasteiger partial charge in [0.2, 0.25) is 0 Å². The van der Waals surface area contributed by atoms with Gasteiger partial charge in [-0.25, -0.2) is 16.8 Å². The Labute approximate surface area is 116 Å². The van der Waals surface area contributed by atoms with Gasteiger partial charge in [0.15, 0.2) is 15.7 Å². The van der Waals surface area contributed by atoms with Crippen LogP contribution in [0.5, 0.6) is 0 Å². The second-order valence-electron chi connectivity index (χ2n) is 4.37. The van der Waals surface area contributed by atoms with Crippen LogP contribution in [0, 0.1) is 0 Å². The molecular formula is C9H14ClN3O4S2. The summed E-state index contributed by atoms with van der Waals surface area (Å²) in [6, 6.07) is 0. The predicted molar refractivity (Wildman–Crippen MR) is 69.1 cm³/mol. The van der Waals surface area contributed by atoms with Gasteiger partial charge in [-0.05, 0) is 19.8 Å². The third kappa shape index (κ3) is 2.77. The fraction of sp³-hybridized carbons (Fsp3) is 0.778. The van der Waals surface area contributed by atoms with E-state index in [9.17, 15) is 16.8 Å². The zero-order valence-electron chi connectivity index (χ0n) is 10.3. The maximum Gasteiger partial charge on any atom is 0.296 e. The summed E-state index contributed by atoms with van der Waals surface area (Å²) in [6.45, 7) is 1.93. The predicted octanol–water partition coefficient (Wildman–Crippen LogP) is 0.865. The van der Waals surface area contributed by atoms with Crippen molar-refractivity contribution in [1.29, 1.82) is 0 Å². The molecule has 1 aromatic rings. The van der Waals surface area contributed by atoms with Crippen LogP contribution in [-0.2, 0) is 25.4 Å². The van der Waals surface area contributed by atoms with E-state index in [0.29, 0.717) is 12.8 Å². The van der Waals surface area contributed by atoms with Gasteiger partial charge in [-0.3, -0.25) is 0 Å². The number of aromatic nitrogens is 3. The lowest BCUT2D eigenvalue weighted by Gasteiger charge is -2.21. The molecule has 7 nitrogen and oxygen atoms in total. The van der Waals surface area contributed by atoms with Gasteiger partial charge in [-0.2, -0.15) is 0 Å². The molecule has 0 amide bonds. The molecule has 0 spiro atoms. The molecule has 1 atom stereocenters. The average Bonchev–Trinajstić information content (AvgIpc) is 2.71. The zero-order chi connectivity index (χ0) is 14.3. The first kappa shape index (κ1) is 14.7. The molecule has 1 fully saturated rings. The Bertz CT molecular complexity index is 680. The number of halogens is 1. The molecule has 0 aliphatic carbocycles. The quantitative estimate of drug-likeness (QED) is 0.764. The fourth-order valence-corrected chi connectivity index (χ4v) is 5.14. The highest BCUT2D eigenvalue weighted by molar-refractivity contribution is 8.13. The lowest BCUT2D eigenvalue weighted by Crippen LogP contribution is -2.25. The second kappa shape index (κ2) is 5.02. The summed E-state index contributed by atoms with van der Waals surface area (Å²) in [7, 11) is -2.07. The Morgan fingerprint density at radius 1 is 1.37 bits per heavy atom. The molecule has 108 valence electrons. The van der Waals surface area contributed by atoms with Gasteiger partial charge in [0.1, 0.15) is 5.25 Å². The number of nitrogens with zero attached hydrogens (tertiary/aromatic N) is 3. The van der Waals surface area contributed by atoms with Gasteiger partial charge in [0, 0.05) is 17.2 Å². The van der Waals surface area contributed by atoms with Crippen LogP contribution in [0.15, 0.2) is 5.16 Å². The fourth-order valence-electron chi connectivity index (χ4n) is 2.26. The molecule has 19 heavy (non-hydrogen) atoms. The van der Waals surface area contributed by atoms with E-state index in [1.54, 1.807) is 6.92 Å². The standard InChI is InChI=1S/C9H14ClN3O4S2/c1-2-13-8(11-12-9(13)19(10,16)17)7-5-3-4-6-18(7,14)15/h7H,2-6H2,1H3. The van der Waals surface area contributed by atoms with E-state index in [0.717, 1.165) is 6.42 Å². The summed E-state index contributed by atoms with van der Waals surface area (Å²) in [5.41, 5.74) is 0. The highest BCUT2D eigenvalue weighted by atomic mass is 35.7. The molecule has 1 unspecified atom stereocenters. The van der Waals surface area contributed by atoms with E-state index >= 15 is 0 Å². The lowest BCUT2D eigenvalue weighted by molar-refractivity contribution is 0.519. The van der Waals surface area contributed by atoms with Gasteiger partial charge in [0.25, 0.3) is 14.2 Å². The maximum atomic E-state index is 12.0. The molecule has 10 heteroatoms. The van der Waals surface area contributed by atoms with Crippen molar-refractivity contribution in [3.05, 3.63) is 5.82 Å². The number of hydrogen-bond donors (Lipinski definition) is 0. The minimum absolute atomic E-state index is 0.0944. The molecule has 0 bridgehead atoms. The lowest BCUT2D eigenvalue weighted by atomic mass is 10.2. The van der Waals surface area contributed by atoms with Gasteiger partial charge in [-0.15, -0.1) is 10.2 Å². The average molecular weight is 328 g/mol. The molecule has 0 saturated carbocycles. The summed E-state index contributed by atoms with van der Waals surface area (Å²) in [5.74, 6) is 0.262. The second-order valence-corrected chi connectivity index (χ2v) is 9.14.